The summed E-state index contributed by atoms with van der Waals surface area (Å²) in [6, 6.07) is 12.0. The average Bonchev–Trinajstić information content (AvgIpc) is 2.60. The molecule has 1 fully saturated rings. The largest absolute Gasteiger partial charge is 0.287 e. The van der Waals surface area contributed by atoms with Gasteiger partial charge in [0.05, 0.1) is 4.58 Å². The lowest BCUT2D eigenvalue weighted by molar-refractivity contribution is 0.125. The van der Waals surface area contributed by atoms with E-state index in [1.54, 1.807) is 0 Å². The molecule has 1 nitrogen and oxygen atoms in total. The molecule has 2 heterocycles. The van der Waals surface area contributed by atoms with Crippen molar-refractivity contribution in [3.05, 3.63) is 60.7 Å². The predicted molar refractivity (Wildman–Crippen MR) is 106 cm³/mol. The van der Waals surface area contributed by atoms with Crippen molar-refractivity contribution in [2.75, 3.05) is 11.5 Å². The Morgan fingerprint density at radius 3 is 2.61 bits per heavy atom. The Kier molecular flexibility index (Phi) is 6.32. The van der Waals surface area contributed by atoms with Crippen LogP contribution in [0.3, 0.4) is 0 Å². The Morgan fingerprint density at radius 1 is 1.17 bits per heavy atom. The fourth-order valence-electron chi connectivity index (χ4n) is 3.51. The number of allylic oxidation sites excluding steroid dienone is 1. The van der Waals surface area contributed by atoms with Gasteiger partial charge in [0.15, 0.2) is 0 Å². The van der Waals surface area contributed by atoms with Gasteiger partial charge in [0.2, 0.25) is 0 Å². The normalized spacial score (nSPS) is 29.5. The summed E-state index contributed by atoms with van der Waals surface area (Å²) < 4.78 is 0.677. The monoisotopic (exact) mass is 345 g/mol. The Hall–Kier alpha value is -0.640. The van der Waals surface area contributed by atoms with Crippen LogP contribution in [0.5, 0.6) is 0 Å². The van der Waals surface area contributed by atoms with Gasteiger partial charge >= 0.3 is 0 Å². The van der Waals surface area contributed by atoms with E-state index in [0.717, 1.165) is 13.0 Å². The molecule has 3 heteroatoms. The van der Waals surface area contributed by atoms with E-state index >= 15 is 0 Å². The summed E-state index contributed by atoms with van der Waals surface area (Å²) in [6.07, 6.45) is 9.42. The van der Waals surface area contributed by atoms with E-state index in [0.29, 0.717) is 22.6 Å². The minimum absolute atomic E-state index is 0.543. The van der Waals surface area contributed by atoms with Crippen LogP contribution in [0.2, 0.25) is 0 Å². The highest BCUT2D eigenvalue weighted by atomic mass is 32.2. The van der Waals surface area contributed by atoms with E-state index in [4.69, 9.17) is 0 Å². The second-order valence-electron chi connectivity index (χ2n) is 6.43. The fraction of sp³-hybridized carbons (Fsp3) is 0.500. The smallest absolute Gasteiger partial charge is 0.0693 e. The third-order valence-electron chi connectivity index (χ3n) is 4.86. The summed E-state index contributed by atoms with van der Waals surface area (Å²) in [4.78, 5) is 2.72. The molecule has 0 spiro atoms. The number of hydrogen-bond donors (Lipinski definition) is 0. The molecule has 0 bridgehead atoms. The van der Waals surface area contributed by atoms with Crippen LogP contribution in [0.4, 0.5) is 0 Å². The van der Waals surface area contributed by atoms with E-state index in [1.165, 1.54) is 23.5 Å². The predicted octanol–water partition coefficient (Wildman–Crippen LogP) is 5.20. The molecule has 0 unspecified atom stereocenters. The van der Waals surface area contributed by atoms with Gasteiger partial charge in [-0.3, -0.25) is 4.90 Å². The molecule has 2 aliphatic heterocycles. The van der Waals surface area contributed by atoms with Crippen molar-refractivity contribution in [3.8, 4) is 0 Å². The lowest BCUT2D eigenvalue weighted by Gasteiger charge is -2.45. The summed E-state index contributed by atoms with van der Waals surface area (Å²) >= 11 is 4.30. The molecule has 0 aromatic heterocycles. The van der Waals surface area contributed by atoms with Crippen molar-refractivity contribution in [3.63, 3.8) is 0 Å². The van der Waals surface area contributed by atoms with Gasteiger partial charge in [-0.05, 0) is 42.8 Å². The first-order valence-corrected chi connectivity index (χ1v) is 10.7. The molecule has 3 atom stereocenters. The van der Waals surface area contributed by atoms with Gasteiger partial charge in [-0.2, -0.15) is 0 Å². The van der Waals surface area contributed by atoms with Crippen LogP contribution in [-0.2, 0) is 6.54 Å². The Morgan fingerprint density at radius 2 is 1.91 bits per heavy atom. The van der Waals surface area contributed by atoms with E-state index in [2.05, 4.69) is 90.5 Å². The summed E-state index contributed by atoms with van der Waals surface area (Å²) in [5, 5.41) is 0. The van der Waals surface area contributed by atoms with Gasteiger partial charge in [-0.15, -0.1) is 30.1 Å². The van der Waals surface area contributed by atoms with Crippen LogP contribution in [0.15, 0.2) is 55.1 Å². The molecule has 0 amide bonds. The quantitative estimate of drug-likeness (QED) is 0.675. The fourth-order valence-corrected chi connectivity index (χ4v) is 6.63. The molecule has 3 rings (SSSR count). The summed E-state index contributed by atoms with van der Waals surface area (Å²) in [7, 11) is 0. The van der Waals surface area contributed by atoms with Crippen molar-refractivity contribution >= 4 is 23.5 Å². The lowest BCUT2D eigenvalue weighted by Crippen LogP contribution is -2.50. The Balaban J connectivity index is 1.81. The maximum atomic E-state index is 3.95. The molecule has 0 N–H and O–H groups in total. The lowest BCUT2D eigenvalue weighted by atomic mass is 9.89. The first-order valence-electron chi connectivity index (χ1n) is 8.61. The zero-order chi connectivity index (χ0) is 16.1. The van der Waals surface area contributed by atoms with Crippen molar-refractivity contribution in [2.45, 2.75) is 43.0 Å². The number of nitrogens with zero attached hydrogens (tertiary/aromatic N) is 1. The molecule has 0 saturated carbocycles. The van der Waals surface area contributed by atoms with Gasteiger partial charge in [0, 0.05) is 18.6 Å². The van der Waals surface area contributed by atoms with E-state index in [9.17, 15) is 0 Å². The molecule has 0 radical (unpaired) electrons. The molecule has 23 heavy (non-hydrogen) atoms. The standard InChI is InChI=1S/C20H27NS2/c1-3-8-18-11-12-19(20-22-13-7-14-23-20)21(16(18)2)15-17-9-5-4-6-10-17/h3-6,9-12,16,18-20H,1,7-8,13-15H2,2H3/t16-,18+,19-/m0/s1. The first-order chi connectivity index (χ1) is 11.3. The van der Waals surface area contributed by atoms with E-state index in [-0.39, 0.29) is 0 Å². The SMILES string of the molecule is C=CC[C@@H]1C=C[C@@H](C2SCCCS2)N(Cc2ccccc2)[C@H]1C. The maximum absolute atomic E-state index is 3.95. The number of rotatable bonds is 5. The maximum Gasteiger partial charge on any atom is 0.0693 e. The van der Waals surface area contributed by atoms with Crippen LogP contribution < -0.4 is 0 Å². The summed E-state index contributed by atoms with van der Waals surface area (Å²) in [6.45, 7) is 7.39. The van der Waals surface area contributed by atoms with Crippen LogP contribution in [0.1, 0.15) is 25.3 Å². The Bertz CT molecular complexity index is 522. The van der Waals surface area contributed by atoms with Gasteiger partial charge in [-0.1, -0.05) is 48.6 Å². The minimum Gasteiger partial charge on any atom is -0.287 e. The third-order valence-corrected chi connectivity index (χ3v) is 7.94. The van der Waals surface area contributed by atoms with Crippen molar-refractivity contribution in [2.24, 2.45) is 5.92 Å². The van der Waals surface area contributed by atoms with Crippen LogP contribution in [-0.4, -0.2) is 33.1 Å². The number of benzene rings is 1. The molecule has 1 aromatic rings. The van der Waals surface area contributed by atoms with Gasteiger partial charge in [0.1, 0.15) is 0 Å². The molecule has 0 aliphatic carbocycles. The van der Waals surface area contributed by atoms with E-state index < -0.39 is 0 Å². The van der Waals surface area contributed by atoms with Crippen molar-refractivity contribution in [1.29, 1.82) is 0 Å². The van der Waals surface area contributed by atoms with Gasteiger partial charge in [0.25, 0.3) is 0 Å². The highest BCUT2D eigenvalue weighted by molar-refractivity contribution is 8.17. The van der Waals surface area contributed by atoms with Gasteiger partial charge in [-0.25, -0.2) is 0 Å². The molecule has 124 valence electrons. The molecular formula is C20H27NS2. The zero-order valence-corrected chi connectivity index (χ0v) is 15.6. The highest BCUT2D eigenvalue weighted by Crippen LogP contribution is 2.39. The van der Waals surface area contributed by atoms with Crippen LogP contribution in [0.25, 0.3) is 0 Å². The second-order valence-corrected chi connectivity index (χ2v) is 9.22. The highest BCUT2D eigenvalue weighted by Gasteiger charge is 2.35. The zero-order valence-electron chi connectivity index (χ0n) is 13.9. The second kappa shape index (κ2) is 8.46. The average molecular weight is 346 g/mol. The molecule has 1 aromatic carbocycles. The first kappa shape index (κ1) is 17.2. The van der Waals surface area contributed by atoms with Crippen LogP contribution >= 0.6 is 23.5 Å². The van der Waals surface area contributed by atoms with E-state index in [1.807, 2.05) is 0 Å². The number of hydrogen-bond acceptors (Lipinski definition) is 3. The molecule has 1 saturated heterocycles. The Labute approximate surface area is 149 Å². The summed E-state index contributed by atoms with van der Waals surface area (Å²) in [5.41, 5.74) is 1.42. The van der Waals surface area contributed by atoms with Gasteiger partial charge < -0.3 is 0 Å². The third kappa shape index (κ3) is 4.26. The molecular weight excluding hydrogens is 318 g/mol. The molecule has 2 aliphatic rings. The van der Waals surface area contributed by atoms with Crippen molar-refractivity contribution < 1.29 is 0 Å². The van der Waals surface area contributed by atoms with Crippen molar-refractivity contribution in [1.82, 2.24) is 4.90 Å². The van der Waals surface area contributed by atoms with Crippen LogP contribution in [0, 0.1) is 5.92 Å². The topological polar surface area (TPSA) is 3.24 Å². The number of thioether (sulfide) groups is 2. The summed E-state index contributed by atoms with van der Waals surface area (Å²) in [5.74, 6) is 3.21. The minimum atomic E-state index is 0.543.